The van der Waals surface area contributed by atoms with Crippen molar-refractivity contribution < 1.29 is 38.5 Å². The largest absolute Gasteiger partial charge is 0.496 e. The van der Waals surface area contributed by atoms with Gasteiger partial charge < -0.3 is 24.1 Å². The lowest BCUT2D eigenvalue weighted by atomic mass is 10.1. The van der Waals surface area contributed by atoms with Gasteiger partial charge in [-0.15, -0.1) is 22.7 Å². The Morgan fingerprint density at radius 1 is 0.725 bits per heavy atom. The number of carbonyl (C=O) groups excluding carboxylic acids is 3. The summed E-state index contributed by atoms with van der Waals surface area (Å²) in [5.41, 5.74) is 0.982. The Hall–Kier alpha value is -3.76. The van der Waals surface area contributed by atoms with Crippen LogP contribution in [0.3, 0.4) is 0 Å². The molecular weight excluding hydrogens is 552 g/mol. The number of carbonyl (C=O) groups is 4. The molecule has 0 radical (unpaired) electrons. The highest BCUT2D eigenvalue weighted by molar-refractivity contribution is 7.21. The summed E-state index contributed by atoms with van der Waals surface area (Å²) in [6, 6.07) is 11.3. The highest BCUT2D eigenvalue weighted by Gasteiger charge is 2.16. The smallest absolute Gasteiger partial charge is 0.303 e. The third kappa shape index (κ3) is 7.05. The molecule has 0 saturated heterocycles. The van der Waals surface area contributed by atoms with Crippen molar-refractivity contribution in [1.29, 1.82) is 0 Å². The fourth-order valence-electron chi connectivity index (χ4n) is 4.30. The third-order valence-electron chi connectivity index (χ3n) is 6.39. The number of fused-ring (bicyclic) bond motifs is 2. The van der Waals surface area contributed by atoms with Crippen molar-refractivity contribution in [2.45, 2.75) is 45.4 Å². The van der Waals surface area contributed by atoms with Crippen LogP contribution >= 0.6 is 22.7 Å². The molecular formula is C30H30O8S2. The number of methoxy groups -OCH3 is 2. The van der Waals surface area contributed by atoms with Crippen LogP contribution in [0.5, 0.6) is 17.2 Å². The van der Waals surface area contributed by atoms with E-state index in [0.717, 1.165) is 31.5 Å². The van der Waals surface area contributed by atoms with Gasteiger partial charge >= 0.3 is 5.97 Å². The van der Waals surface area contributed by atoms with Gasteiger partial charge in [0.25, 0.3) is 0 Å². The first kappa shape index (κ1) is 29.2. The molecule has 4 aromatic rings. The maximum atomic E-state index is 12.5. The molecule has 0 aliphatic rings. The maximum absolute atomic E-state index is 12.5. The predicted octanol–water partition coefficient (Wildman–Crippen LogP) is 6.74. The lowest BCUT2D eigenvalue weighted by Gasteiger charge is -2.12. The van der Waals surface area contributed by atoms with Gasteiger partial charge in [-0.2, -0.15) is 0 Å². The van der Waals surface area contributed by atoms with Crippen LogP contribution in [0.1, 0.15) is 63.9 Å². The summed E-state index contributed by atoms with van der Waals surface area (Å²) in [6.07, 6.45) is 1.59. The number of rotatable bonds is 15. The first-order chi connectivity index (χ1) is 19.2. The highest BCUT2D eigenvalue weighted by Crippen LogP contribution is 2.38. The Morgan fingerprint density at radius 2 is 1.30 bits per heavy atom. The molecule has 0 amide bonds. The molecule has 40 heavy (non-hydrogen) atoms. The van der Waals surface area contributed by atoms with Gasteiger partial charge in [0.05, 0.1) is 37.0 Å². The van der Waals surface area contributed by atoms with Gasteiger partial charge in [0.15, 0.2) is 23.1 Å². The monoisotopic (exact) mass is 582 g/mol. The van der Waals surface area contributed by atoms with Crippen LogP contribution < -0.4 is 14.2 Å². The number of hydrogen-bond donors (Lipinski definition) is 1. The minimum atomic E-state index is -0.991. The van der Waals surface area contributed by atoms with Crippen molar-refractivity contribution in [1.82, 2.24) is 0 Å². The van der Waals surface area contributed by atoms with Gasteiger partial charge in [-0.1, -0.05) is 0 Å². The molecule has 0 spiro atoms. The van der Waals surface area contributed by atoms with E-state index in [1.54, 1.807) is 14.2 Å². The molecule has 4 rings (SSSR count). The van der Waals surface area contributed by atoms with E-state index in [-0.39, 0.29) is 43.0 Å². The number of aryl methyl sites for hydroxylation is 1. The molecule has 0 atom stereocenters. The predicted molar refractivity (Wildman–Crippen MR) is 156 cm³/mol. The van der Waals surface area contributed by atoms with Gasteiger partial charge in [0.2, 0.25) is 0 Å². The summed E-state index contributed by atoms with van der Waals surface area (Å²) in [5.74, 6) is 0.656. The van der Waals surface area contributed by atoms with E-state index in [1.807, 2.05) is 36.4 Å². The first-order valence-corrected chi connectivity index (χ1v) is 14.4. The second kappa shape index (κ2) is 13.1. The molecule has 0 saturated carbocycles. The molecule has 8 nitrogen and oxygen atoms in total. The molecule has 0 bridgehead atoms. The van der Waals surface area contributed by atoms with Crippen LogP contribution in [-0.2, 0) is 16.0 Å². The average Bonchev–Trinajstić information content (AvgIpc) is 3.55. The van der Waals surface area contributed by atoms with Gasteiger partial charge in [0, 0.05) is 34.7 Å². The van der Waals surface area contributed by atoms with Crippen LogP contribution in [0, 0.1) is 0 Å². The van der Waals surface area contributed by atoms with E-state index in [9.17, 15) is 19.2 Å². The summed E-state index contributed by atoms with van der Waals surface area (Å²) in [6.45, 7) is 1.90. The number of benzene rings is 2. The van der Waals surface area contributed by atoms with Crippen LogP contribution in [0.4, 0.5) is 0 Å². The van der Waals surface area contributed by atoms with Crippen LogP contribution in [-0.4, -0.2) is 49.3 Å². The Balaban J connectivity index is 1.42. The molecule has 0 fully saturated rings. The minimum absolute atomic E-state index is 0.00693. The number of hydrogen-bond acceptors (Lipinski definition) is 9. The fourth-order valence-corrected chi connectivity index (χ4v) is 6.38. The van der Waals surface area contributed by atoms with E-state index in [2.05, 4.69) is 0 Å². The van der Waals surface area contributed by atoms with Crippen molar-refractivity contribution in [3.8, 4) is 17.2 Å². The van der Waals surface area contributed by atoms with E-state index < -0.39 is 5.97 Å². The standard InChI is InChI=1S/C30H30O8S2/c1-17(31)6-7-21(32)29-14-20-12-24(37-3)25(16-27(20)40-29)38-10-4-5-18-11-19-13-28(22(33)8-9-30(34)35)39-26(19)15-23(18)36-2/h11-16H,4-10H2,1-3H3,(H,34,35). The maximum Gasteiger partial charge on any atom is 0.303 e. The van der Waals surface area contributed by atoms with Crippen LogP contribution in [0.25, 0.3) is 20.2 Å². The minimum Gasteiger partial charge on any atom is -0.496 e. The Kier molecular flexibility index (Phi) is 9.54. The van der Waals surface area contributed by atoms with Crippen molar-refractivity contribution in [2.24, 2.45) is 0 Å². The Labute approximate surface area is 239 Å². The molecule has 2 heterocycles. The molecule has 2 aromatic heterocycles. The average molecular weight is 583 g/mol. The van der Waals surface area contributed by atoms with Gasteiger partial charge in [-0.05, 0) is 66.4 Å². The van der Waals surface area contributed by atoms with Crippen molar-refractivity contribution in [3.05, 3.63) is 51.7 Å². The Morgan fingerprint density at radius 3 is 1.88 bits per heavy atom. The number of ketones is 3. The summed E-state index contributed by atoms with van der Waals surface area (Å²) < 4.78 is 19.0. The van der Waals surface area contributed by atoms with Crippen LogP contribution in [0.15, 0.2) is 36.4 Å². The first-order valence-electron chi connectivity index (χ1n) is 12.8. The van der Waals surface area contributed by atoms with Gasteiger partial charge in [-0.25, -0.2) is 0 Å². The SMILES string of the molecule is COc1cc2sc(C(=O)CCC(=O)O)cc2cc1CCCOc1cc2sc(C(=O)CCC(C)=O)cc2cc1OC. The molecule has 210 valence electrons. The molecule has 0 aliphatic carbocycles. The molecule has 2 aromatic carbocycles. The molecule has 0 aliphatic heterocycles. The second-order valence-corrected chi connectivity index (χ2v) is 11.5. The summed E-state index contributed by atoms with van der Waals surface area (Å²) in [5, 5.41) is 10.7. The second-order valence-electron chi connectivity index (χ2n) is 9.36. The highest BCUT2D eigenvalue weighted by atomic mass is 32.1. The van der Waals surface area contributed by atoms with E-state index in [4.69, 9.17) is 19.3 Å². The lowest BCUT2D eigenvalue weighted by Crippen LogP contribution is -2.02. The third-order valence-corrected chi connectivity index (χ3v) is 8.67. The molecule has 0 unspecified atom stereocenters. The zero-order chi connectivity index (χ0) is 28.8. The van der Waals surface area contributed by atoms with E-state index in [0.29, 0.717) is 40.7 Å². The van der Waals surface area contributed by atoms with Crippen molar-refractivity contribution >= 4 is 66.2 Å². The Bertz CT molecular complexity index is 1460. The molecule has 10 heteroatoms. The lowest BCUT2D eigenvalue weighted by molar-refractivity contribution is -0.137. The number of carboxylic acids is 1. The number of ether oxygens (including phenoxy) is 3. The van der Waals surface area contributed by atoms with Crippen LogP contribution in [0.2, 0.25) is 0 Å². The van der Waals surface area contributed by atoms with Gasteiger partial charge in [-0.3, -0.25) is 14.4 Å². The summed E-state index contributed by atoms with van der Waals surface area (Å²) in [4.78, 5) is 48.1. The number of Topliss-reactive ketones (excluding diaryl/α,β-unsaturated/α-hetero) is 3. The fraction of sp³-hybridized carbons (Fsp3) is 0.333. The van der Waals surface area contributed by atoms with Crippen molar-refractivity contribution in [2.75, 3.05) is 20.8 Å². The van der Waals surface area contributed by atoms with E-state index >= 15 is 0 Å². The quantitative estimate of drug-likeness (QED) is 0.121. The summed E-state index contributed by atoms with van der Waals surface area (Å²) >= 11 is 2.71. The van der Waals surface area contributed by atoms with Gasteiger partial charge in [0.1, 0.15) is 11.5 Å². The normalized spacial score (nSPS) is 11.1. The number of thiophene rings is 2. The van der Waals surface area contributed by atoms with Crippen molar-refractivity contribution in [3.63, 3.8) is 0 Å². The summed E-state index contributed by atoms with van der Waals surface area (Å²) in [7, 11) is 3.18. The zero-order valence-corrected chi connectivity index (χ0v) is 24.2. The van der Waals surface area contributed by atoms with E-state index in [1.165, 1.54) is 29.6 Å². The molecule has 1 N–H and O–H groups in total. The number of carboxylic acid groups (broad SMARTS) is 1. The topological polar surface area (TPSA) is 116 Å². The number of aliphatic carboxylic acids is 1. The zero-order valence-electron chi connectivity index (χ0n) is 22.5.